The summed E-state index contributed by atoms with van der Waals surface area (Å²) in [5, 5.41) is 25.8. The molecule has 3 N–H and O–H groups in total. The van der Waals surface area contributed by atoms with Crippen molar-refractivity contribution in [1.82, 2.24) is 0 Å². The minimum atomic E-state index is -1.75. The van der Waals surface area contributed by atoms with Crippen molar-refractivity contribution in [2.45, 2.75) is 19.3 Å². The van der Waals surface area contributed by atoms with Crippen LogP contribution in [0.5, 0.6) is 0 Å². The van der Waals surface area contributed by atoms with E-state index < -0.39 is 23.3 Å². The first-order valence-corrected chi connectivity index (χ1v) is 4.07. The summed E-state index contributed by atoms with van der Waals surface area (Å²) in [6.45, 7) is 0. The molecule has 0 unspecified atom stereocenters. The molecule has 0 radical (unpaired) electrons. The number of carboxylic acid groups (broad SMARTS) is 3. The van der Waals surface area contributed by atoms with E-state index >= 15 is 0 Å². The molecule has 1 aliphatic carbocycles. The molecule has 1 rings (SSSR count). The minimum absolute atomic E-state index is 0.0933. The third kappa shape index (κ3) is 1.55. The Morgan fingerprint density at radius 3 is 1.79 bits per heavy atom. The molecule has 1 aliphatic rings. The maximum Gasteiger partial charge on any atom is 0.321 e. The normalized spacial score (nSPS) is 19.7. The lowest BCUT2D eigenvalue weighted by atomic mass is 9.61. The van der Waals surface area contributed by atoms with E-state index in [2.05, 4.69) is 0 Å². The number of rotatable bonds is 4. The number of hydrogen-bond acceptors (Lipinski definition) is 3. The minimum Gasteiger partial charge on any atom is -0.481 e. The van der Waals surface area contributed by atoms with Crippen molar-refractivity contribution >= 4 is 17.9 Å². The molecule has 0 aromatic carbocycles. The second-order valence-corrected chi connectivity index (χ2v) is 3.56. The Labute approximate surface area is 79.2 Å². The van der Waals surface area contributed by atoms with Crippen molar-refractivity contribution in [3.05, 3.63) is 0 Å². The van der Waals surface area contributed by atoms with E-state index in [1.54, 1.807) is 0 Å². The summed E-state index contributed by atoms with van der Waals surface area (Å²) >= 11 is 0. The summed E-state index contributed by atoms with van der Waals surface area (Å²) in [5.74, 6) is -4.13. The van der Waals surface area contributed by atoms with Crippen molar-refractivity contribution in [2.75, 3.05) is 0 Å². The Kier molecular flexibility index (Phi) is 2.46. The van der Waals surface area contributed by atoms with E-state index in [-0.39, 0.29) is 25.2 Å². The summed E-state index contributed by atoms with van der Waals surface area (Å²) in [6, 6.07) is 0. The molecular formula is C8H10O6. The van der Waals surface area contributed by atoms with Gasteiger partial charge in [-0.2, -0.15) is 0 Å². The number of carboxylic acids is 3. The van der Waals surface area contributed by atoms with Gasteiger partial charge in [-0.1, -0.05) is 0 Å². The Balaban J connectivity index is 2.61. The molecule has 0 aliphatic heterocycles. The Bertz CT molecular complexity index is 272. The van der Waals surface area contributed by atoms with Crippen LogP contribution in [0, 0.1) is 11.3 Å². The Morgan fingerprint density at radius 1 is 1.07 bits per heavy atom. The molecule has 78 valence electrons. The summed E-state index contributed by atoms with van der Waals surface area (Å²) in [4.78, 5) is 31.6. The van der Waals surface area contributed by atoms with Crippen molar-refractivity contribution < 1.29 is 29.7 Å². The monoisotopic (exact) mass is 202 g/mol. The molecule has 0 atom stereocenters. The van der Waals surface area contributed by atoms with Crippen LogP contribution in [-0.4, -0.2) is 33.2 Å². The first kappa shape index (κ1) is 10.5. The summed E-state index contributed by atoms with van der Waals surface area (Å²) < 4.78 is 0. The predicted octanol–water partition coefficient (Wildman–Crippen LogP) is 0.0267. The van der Waals surface area contributed by atoms with Gasteiger partial charge in [0, 0.05) is 6.42 Å². The van der Waals surface area contributed by atoms with Gasteiger partial charge in [0.1, 0.15) is 0 Å². The second-order valence-electron chi connectivity index (χ2n) is 3.56. The maximum absolute atomic E-state index is 10.6. The molecular weight excluding hydrogens is 192 g/mol. The molecule has 0 amide bonds. The van der Waals surface area contributed by atoms with E-state index in [0.717, 1.165) is 0 Å². The fourth-order valence-electron chi connectivity index (χ4n) is 1.76. The van der Waals surface area contributed by atoms with E-state index in [1.807, 2.05) is 0 Å². The fourth-order valence-corrected chi connectivity index (χ4v) is 1.76. The van der Waals surface area contributed by atoms with Crippen LogP contribution in [-0.2, 0) is 14.4 Å². The van der Waals surface area contributed by atoms with Gasteiger partial charge in [0.05, 0.1) is 0 Å². The van der Waals surface area contributed by atoms with Crippen molar-refractivity contribution in [3.8, 4) is 0 Å². The van der Waals surface area contributed by atoms with Gasteiger partial charge in [-0.25, -0.2) is 0 Å². The molecule has 6 nitrogen and oxygen atoms in total. The van der Waals surface area contributed by atoms with E-state index in [1.165, 1.54) is 0 Å². The van der Waals surface area contributed by atoms with Crippen molar-refractivity contribution in [2.24, 2.45) is 11.3 Å². The van der Waals surface area contributed by atoms with Crippen LogP contribution in [0.3, 0.4) is 0 Å². The zero-order chi connectivity index (χ0) is 10.9. The molecule has 0 saturated heterocycles. The molecule has 0 aromatic heterocycles. The first-order chi connectivity index (χ1) is 6.38. The van der Waals surface area contributed by atoms with Crippen LogP contribution < -0.4 is 0 Å². The largest absolute Gasteiger partial charge is 0.481 e. The van der Waals surface area contributed by atoms with Crippen molar-refractivity contribution in [3.63, 3.8) is 0 Å². The smallest absolute Gasteiger partial charge is 0.321 e. The first-order valence-electron chi connectivity index (χ1n) is 4.07. The molecule has 0 aromatic rings. The Morgan fingerprint density at radius 2 is 1.50 bits per heavy atom. The highest BCUT2D eigenvalue weighted by molar-refractivity contribution is 5.99. The Hall–Kier alpha value is -1.59. The zero-order valence-electron chi connectivity index (χ0n) is 7.27. The average molecular weight is 202 g/mol. The second kappa shape index (κ2) is 3.28. The lowest BCUT2D eigenvalue weighted by Crippen LogP contribution is -2.50. The van der Waals surface area contributed by atoms with Gasteiger partial charge in [-0.15, -0.1) is 0 Å². The molecule has 6 heteroatoms. The third-order valence-electron chi connectivity index (χ3n) is 2.56. The van der Waals surface area contributed by atoms with Gasteiger partial charge in [0.2, 0.25) is 0 Å². The highest BCUT2D eigenvalue weighted by Gasteiger charge is 2.56. The lowest BCUT2D eigenvalue weighted by molar-refractivity contribution is -0.177. The van der Waals surface area contributed by atoms with E-state index in [4.69, 9.17) is 15.3 Å². The topological polar surface area (TPSA) is 112 Å². The number of hydrogen-bond donors (Lipinski definition) is 3. The average Bonchev–Trinajstić information content (AvgIpc) is 1.93. The molecule has 0 spiro atoms. The lowest BCUT2D eigenvalue weighted by Gasteiger charge is -2.40. The highest BCUT2D eigenvalue weighted by atomic mass is 16.4. The fraction of sp³-hybridized carbons (Fsp3) is 0.625. The summed E-state index contributed by atoms with van der Waals surface area (Å²) in [5.41, 5.74) is -1.75. The number of carbonyl (C=O) groups is 3. The SMILES string of the molecule is O=C(O)CC1CC(C(=O)O)(C(=O)O)C1. The molecule has 0 heterocycles. The van der Waals surface area contributed by atoms with Crippen LogP contribution in [0.15, 0.2) is 0 Å². The van der Waals surface area contributed by atoms with Crippen LogP contribution in [0.4, 0.5) is 0 Å². The molecule has 1 saturated carbocycles. The van der Waals surface area contributed by atoms with Crippen LogP contribution in [0.1, 0.15) is 19.3 Å². The van der Waals surface area contributed by atoms with Gasteiger partial charge < -0.3 is 15.3 Å². The van der Waals surface area contributed by atoms with Gasteiger partial charge in [0.15, 0.2) is 5.41 Å². The van der Waals surface area contributed by atoms with Crippen molar-refractivity contribution in [1.29, 1.82) is 0 Å². The van der Waals surface area contributed by atoms with E-state index in [0.29, 0.717) is 0 Å². The van der Waals surface area contributed by atoms with Gasteiger partial charge >= 0.3 is 17.9 Å². The quantitative estimate of drug-likeness (QED) is 0.554. The van der Waals surface area contributed by atoms with Gasteiger partial charge in [-0.05, 0) is 18.8 Å². The molecule has 0 bridgehead atoms. The van der Waals surface area contributed by atoms with Gasteiger partial charge in [0.25, 0.3) is 0 Å². The number of aliphatic carboxylic acids is 3. The molecule has 1 fully saturated rings. The van der Waals surface area contributed by atoms with Crippen LogP contribution in [0.25, 0.3) is 0 Å². The van der Waals surface area contributed by atoms with Crippen LogP contribution >= 0.6 is 0 Å². The highest BCUT2D eigenvalue weighted by Crippen LogP contribution is 2.47. The summed E-state index contributed by atoms with van der Waals surface area (Å²) in [6.07, 6.45) is -0.351. The third-order valence-corrected chi connectivity index (χ3v) is 2.56. The summed E-state index contributed by atoms with van der Waals surface area (Å²) in [7, 11) is 0. The molecule has 14 heavy (non-hydrogen) atoms. The maximum atomic E-state index is 10.6. The predicted molar refractivity (Wildman–Crippen MR) is 42.7 cm³/mol. The van der Waals surface area contributed by atoms with Gasteiger partial charge in [-0.3, -0.25) is 14.4 Å². The standard InChI is InChI=1S/C8H10O6/c9-5(10)1-4-2-8(3-4,6(11)12)7(13)14/h4H,1-3H2,(H,9,10)(H,11,12)(H,13,14). The van der Waals surface area contributed by atoms with Crippen LogP contribution in [0.2, 0.25) is 0 Å². The van der Waals surface area contributed by atoms with E-state index in [9.17, 15) is 14.4 Å². The zero-order valence-corrected chi connectivity index (χ0v) is 7.27.